The molecule has 11 nitrogen and oxygen atoms in total. The lowest BCUT2D eigenvalue weighted by Gasteiger charge is -2.21. The third kappa shape index (κ3) is 5.05. The summed E-state index contributed by atoms with van der Waals surface area (Å²) in [4.78, 5) is 38.7. The molecule has 0 saturated carbocycles. The monoisotopic (exact) mass is 421 g/mol. The average Bonchev–Trinajstić information content (AvgIpc) is 2.84. The van der Waals surface area contributed by atoms with E-state index in [9.17, 15) is 28.3 Å². The van der Waals surface area contributed by atoms with Crippen LogP contribution >= 0.6 is 0 Å². The van der Waals surface area contributed by atoms with Crippen LogP contribution in [-0.2, 0) is 19.0 Å². The van der Waals surface area contributed by atoms with Gasteiger partial charge in [0.05, 0.1) is 12.5 Å². The predicted octanol–water partition coefficient (Wildman–Crippen LogP) is 0.223. The molecule has 2 rings (SSSR count). The number of aromatic nitrogens is 2. The molecular weight excluding hydrogens is 400 g/mol. The van der Waals surface area contributed by atoms with Crippen LogP contribution in [0.5, 0.6) is 0 Å². The maximum Gasteiger partial charge on any atom is 0.415 e. The number of aliphatic hydroxyl groups is 2. The summed E-state index contributed by atoms with van der Waals surface area (Å²) >= 11 is 0. The van der Waals surface area contributed by atoms with Crippen LogP contribution in [0.2, 0.25) is 0 Å². The molecular formula is C16H21F2N3O8. The Bertz CT molecular complexity index is 816. The molecule has 2 unspecified atom stereocenters. The second-order valence-electron chi connectivity index (χ2n) is 6.52. The summed E-state index contributed by atoms with van der Waals surface area (Å²) < 4.78 is 43.1. The van der Waals surface area contributed by atoms with Crippen LogP contribution in [-0.4, -0.2) is 62.9 Å². The SMILES string of the molecule is CC(OC(=O)Nc1ccn([C@@H]2OC(CO)[C@@H](O)C2(F)F)c(=O)n1)OC(=O)C(C)C. The lowest BCUT2D eigenvalue weighted by atomic mass is 10.1. The van der Waals surface area contributed by atoms with Crippen molar-refractivity contribution in [2.75, 3.05) is 11.9 Å². The Kier molecular flexibility index (Phi) is 6.87. The number of carbonyl (C=O) groups excluding carboxylic acids is 2. The van der Waals surface area contributed by atoms with E-state index in [-0.39, 0.29) is 5.82 Å². The molecule has 1 aromatic rings. The summed E-state index contributed by atoms with van der Waals surface area (Å²) in [5.41, 5.74) is -1.21. The highest BCUT2D eigenvalue weighted by Crippen LogP contribution is 2.41. The van der Waals surface area contributed by atoms with E-state index >= 15 is 0 Å². The Morgan fingerprint density at radius 3 is 2.55 bits per heavy atom. The minimum absolute atomic E-state index is 0.320. The molecule has 0 spiro atoms. The molecule has 1 aliphatic rings. The van der Waals surface area contributed by atoms with Gasteiger partial charge in [0.2, 0.25) is 12.5 Å². The van der Waals surface area contributed by atoms with Gasteiger partial charge in [-0.1, -0.05) is 13.8 Å². The van der Waals surface area contributed by atoms with Crippen molar-refractivity contribution in [1.29, 1.82) is 0 Å². The van der Waals surface area contributed by atoms with Gasteiger partial charge in [0, 0.05) is 13.1 Å². The second-order valence-corrected chi connectivity index (χ2v) is 6.52. The van der Waals surface area contributed by atoms with Crippen molar-refractivity contribution in [3.63, 3.8) is 0 Å². The fourth-order valence-electron chi connectivity index (χ4n) is 2.39. The van der Waals surface area contributed by atoms with Crippen molar-refractivity contribution in [2.45, 2.75) is 51.4 Å². The van der Waals surface area contributed by atoms with Crippen LogP contribution in [0.4, 0.5) is 19.4 Å². The molecule has 3 N–H and O–H groups in total. The topological polar surface area (TPSA) is 149 Å². The first kappa shape index (κ1) is 22.6. The third-order valence-electron chi connectivity index (χ3n) is 3.90. The summed E-state index contributed by atoms with van der Waals surface area (Å²) in [7, 11) is 0. The number of hydrogen-bond acceptors (Lipinski definition) is 9. The quantitative estimate of drug-likeness (QED) is 0.433. The number of halogens is 2. The Morgan fingerprint density at radius 1 is 1.38 bits per heavy atom. The number of nitrogens with one attached hydrogen (secondary N) is 1. The first-order chi connectivity index (χ1) is 13.5. The molecule has 0 radical (unpaired) electrons. The van der Waals surface area contributed by atoms with Crippen molar-refractivity contribution in [1.82, 2.24) is 9.55 Å². The summed E-state index contributed by atoms with van der Waals surface area (Å²) in [6, 6.07) is 1.02. The number of carbonyl (C=O) groups is 2. The predicted molar refractivity (Wildman–Crippen MR) is 90.9 cm³/mol. The maximum absolute atomic E-state index is 14.1. The molecule has 13 heteroatoms. The van der Waals surface area contributed by atoms with Crippen molar-refractivity contribution >= 4 is 17.9 Å². The smallest absolute Gasteiger partial charge is 0.415 e. The highest BCUT2D eigenvalue weighted by molar-refractivity contribution is 5.83. The molecule has 1 aliphatic heterocycles. The molecule has 1 saturated heterocycles. The van der Waals surface area contributed by atoms with E-state index in [0.717, 1.165) is 12.3 Å². The molecule has 1 fully saturated rings. The molecule has 0 aliphatic carbocycles. The molecule has 1 amide bonds. The molecule has 0 aromatic carbocycles. The van der Waals surface area contributed by atoms with Gasteiger partial charge in [-0.25, -0.2) is 9.59 Å². The van der Waals surface area contributed by atoms with Gasteiger partial charge in [0.1, 0.15) is 11.9 Å². The summed E-state index contributed by atoms with van der Waals surface area (Å²) in [5, 5.41) is 20.6. The van der Waals surface area contributed by atoms with Crippen molar-refractivity contribution in [3.8, 4) is 0 Å². The zero-order valence-electron chi connectivity index (χ0n) is 15.7. The normalized spacial score (nSPS) is 24.2. The molecule has 0 bridgehead atoms. The fourth-order valence-corrected chi connectivity index (χ4v) is 2.39. The van der Waals surface area contributed by atoms with E-state index in [0.29, 0.717) is 4.57 Å². The van der Waals surface area contributed by atoms with Gasteiger partial charge in [-0.3, -0.25) is 14.7 Å². The second kappa shape index (κ2) is 8.80. The zero-order chi connectivity index (χ0) is 21.9. The lowest BCUT2D eigenvalue weighted by molar-refractivity contribution is -0.168. The molecule has 2 heterocycles. The van der Waals surface area contributed by atoms with E-state index in [4.69, 9.17) is 19.3 Å². The Balaban J connectivity index is 2.05. The molecule has 29 heavy (non-hydrogen) atoms. The van der Waals surface area contributed by atoms with Gasteiger partial charge < -0.3 is 24.4 Å². The van der Waals surface area contributed by atoms with E-state index < -0.39 is 60.9 Å². The minimum Gasteiger partial charge on any atom is -0.425 e. The van der Waals surface area contributed by atoms with E-state index in [1.807, 2.05) is 0 Å². The van der Waals surface area contributed by atoms with Crippen LogP contribution in [0.25, 0.3) is 0 Å². The summed E-state index contributed by atoms with van der Waals surface area (Å²) in [5.74, 6) is -5.20. The number of nitrogens with zero attached hydrogens (tertiary/aromatic N) is 2. The van der Waals surface area contributed by atoms with Gasteiger partial charge in [-0.05, 0) is 6.07 Å². The van der Waals surface area contributed by atoms with Gasteiger partial charge in [0.15, 0.2) is 6.10 Å². The van der Waals surface area contributed by atoms with Crippen molar-refractivity contribution in [3.05, 3.63) is 22.7 Å². The van der Waals surface area contributed by atoms with Crippen LogP contribution in [0.1, 0.15) is 27.0 Å². The Labute approximate surface area is 163 Å². The fraction of sp³-hybridized carbons (Fsp3) is 0.625. The molecule has 1 aromatic heterocycles. The first-order valence-corrected chi connectivity index (χ1v) is 8.56. The number of aliphatic hydroxyl groups excluding tert-OH is 2. The highest BCUT2D eigenvalue weighted by atomic mass is 19.3. The number of ether oxygens (including phenoxy) is 3. The molecule has 4 atom stereocenters. The Morgan fingerprint density at radius 2 is 2.03 bits per heavy atom. The third-order valence-corrected chi connectivity index (χ3v) is 3.90. The summed E-state index contributed by atoms with van der Waals surface area (Å²) in [6.45, 7) is 3.61. The van der Waals surface area contributed by atoms with E-state index in [1.165, 1.54) is 6.92 Å². The molecule has 162 valence electrons. The minimum atomic E-state index is -3.86. The van der Waals surface area contributed by atoms with Crippen molar-refractivity contribution < 1.29 is 42.8 Å². The van der Waals surface area contributed by atoms with Gasteiger partial charge in [-0.15, -0.1) is 0 Å². The van der Waals surface area contributed by atoms with Crippen LogP contribution in [0.3, 0.4) is 0 Å². The average molecular weight is 421 g/mol. The number of alkyl halides is 2. The van der Waals surface area contributed by atoms with Gasteiger partial charge in [0.25, 0.3) is 0 Å². The first-order valence-electron chi connectivity index (χ1n) is 8.56. The van der Waals surface area contributed by atoms with Gasteiger partial charge in [-0.2, -0.15) is 13.8 Å². The largest absolute Gasteiger partial charge is 0.425 e. The number of esters is 1. The summed E-state index contributed by atoms with van der Waals surface area (Å²) in [6.07, 6.45) is -7.52. The number of rotatable bonds is 6. The van der Waals surface area contributed by atoms with Crippen LogP contribution < -0.4 is 11.0 Å². The number of amides is 1. The number of anilines is 1. The number of hydrogen-bond donors (Lipinski definition) is 3. The zero-order valence-corrected chi connectivity index (χ0v) is 15.7. The highest BCUT2D eigenvalue weighted by Gasteiger charge is 2.59. The van der Waals surface area contributed by atoms with Gasteiger partial charge >= 0.3 is 23.7 Å². The van der Waals surface area contributed by atoms with Crippen LogP contribution in [0.15, 0.2) is 17.1 Å². The van der Waals surface area contributed by atoms with Crippen molar-refractivity contribution in [2.24, 2.45) is 5.92 Å². The maximum atomic E-state index is 14.1. The van der Waals surface area contributed by atoms with E-state index in [2.05, 4.69) is 10.3 Å². The lowest BCUT2D eigenvalue weighted by Crippen LogP contribution is -2.41. The standard InChI is InChI=1S/C16H21F2N3O8/c1-7(2)12(24)27-8(3)28-15(26)20-10-4-5-21(14(25)19-10)13-16(17,18)11(23)9(6-22)29-13/h4-5,7-9,11,13,22-23H,6H2,1-3H3,(H,19,20,25,26)/t8?,9?,11-,13-/m1/s1. The van der Waals surface area contributed by atoms with Crippen LogP contribution in [0, 0.1) is 5.92 Å². The van der Waals surface area contributed by atoms with E-state index in [1.54, 1.807) is 13.8 Å². The Hall–Kier alpha value is -2.64.